The molecule has 0 bridgehead atoms. The molecule has 0 spiro atoms. The number of rotatable bonds is 10. The minimum Gasteiger partial charge on any atom is -0.493 e. The van der Waals surface area contributed by atoms with Crippen molar-refractivity contribution in [3.8, 4) is 11.5 Å². The van der Waals surface area contributed by atoms with Crippen molar-refractivity contribution >= 4 is 21.8 Å². The number of aryl methyl sites for hydroxylation is 1. The van der Waals surface area contributed by atoms with E-state index in [-0.39, 0.29) is 23.6 Å². The van der Waals surface area contributed by atoms with E-state index in [9.17, 15) is 13.2 Å². The van der Waals surface area contributed by atoms with Crippen molar-refractivity contribution < 1.29 is 22.1 Å². The summed E-state index contributed by atoms with van der Waals surface area (Å²) < 4.78 is 34.3. The highest BCUT2D eigenvalue weighted by Gasteiger charge is 2.22. The number of hydrogen-bond donors (Lipinski definition) is 1. The van der Waals surface area contributed by atoms with Gasteiger partial charge in [0.25, 0.3) is 0 Å². The minimum absolute atomic E-state index is 0.0281. The summed E-state index contributed by atoms with van der Waals surface area (Å²) in [6.45, 7) is 7.84. The zero-order valence-electron chi connectivity index (χ0n) is 18.8. The summed E-state index contributed by atoms with van der Waals surface area (Å²) in [4.78, 5) is 14.9. The monoisotopic (exact) mass is 448 g/mol. The van der Waals surface area contributed by atoms with Gasteiger partial charge < -0.3 is 19.1 Å². The first-order chi connectivity index (χ1) is 14.7. The number of hydrogen-bond acceptors (Lipinski definition) is 5. The molecule has 0 aromatic heterocycles. The Morgan fingerprint density at radius 1 is 1.10 bits per heavy atom. The minimum atomic E-state index is -3.71. The van der Waals surface area contributed by atoms with Gasteiger partial charge in [0.05, 0.1) is 12.9 Å². The molecule has 0 aliphatic rings. The predicted molar refractivity (Wildman–Crippen MR) is 123 cm³/mol. The van der Waals surface area contributed by atoms with Crippen molar-refractivity contribution in [1.82, 2.24) is 4.90 Å². The molecule has 0 aliphatic heterocycles. The summed E-state index contributed by atoms with van der Waals surface area (Å²) in [5.74, 6) is 0.276. The quantitative estimate of drug-likeness (QED) is 0.527. The van der Waals surface area contributed by atoms with Crippen LogP contribution in [0.5, 0.6) is 11.5 Å². The second-order valence-corrected chi connectivity index (χ2v) is 9.10. The second-order valence-electron chi connectivity index (χ2n) is 7.24. The smallest absolute Gasteiger partial charge is 0.322 e. The maximum Gasteiger partial charge on any atom is 0.322 e. The van der Waals surface area contributed by atoms with Crippen LogP contribution in [0.15, 0.2) is 42.5 Å². The van der Waals surface area contributed by atoms with Crippen LogP contribution < -0.4 is 14.2 Å². The zero-order chi connectivity index (χ0) is 23.0. The van der Waals surface area contributed by atoms with E-state index in [1.165, 1.54) is 14.0 Å². The molecular weight excluding hydrogens is 416 g/mol. The molecule has 2 aromatic carbocycles. The number of anilines is 1. The lowest BCUT2D eigenvalue weighted by molar-refractivity contribution is 0.187. The Bertz CT molecular complexity index is 991. The Kier molecular flexibility index (Phi) is 8.74. The highest BCUT2D eigenvalue weighted by Crippen LogP contribution is 2.30. The average molecular weight is 449 g/mol. The van der Waals surface area contributed by atoms with Crippen molar-refractivity contribution in [2.45, 2.75) is 53.1 Å². The maximum absolute atomic E-state index is 13.1. The van der Waals surface area contributed by atoms with Gasteiger partial charge in [0.2, 0.25) is 0 Å². The number of nitrogens with one attached hydrogen (secondary N) is 1. The molecule has 8 heteroatoms. The fourth-order valence-corrected chi connectivity index (χ4v) is 3.58. The van der Waals surface area contributed by atoms with Gasteiger partial charge in [-0.25, -0.2) is 4.79 Å². The van der Waals surface area contributed by atoms with E-state index in [0.717, 1.165) is 29.7 Å². The van der Waals surface area contributed by atoms with Crippen LogP contribution in [0.3, 0.4) is 0 Å². The molecule has 0 saturated heterocycles. The first kappa shape index (κ1) is 24.5. The number of benzene rings is 2. The van der Waals surface area contributed by atoms with E-state index in [1.807, 2.05) is 45.0 Å². The third-order valence-corrected chi connectivity index (χ3v) is 6.32. The van der Waals surface area contributed by atoms with Gasteiger partial charge in [-0.05, 0) is 56.0 Å². The molecule has 0 heterocycles. The van der Waals surface area contributed by atoms with E-state index in [4.69, 9.17) is 8.92 Å². The largest absolute Gasteiger partial charge is 0.493 e. The fraction of sp³-hybridized carbons (Fsp3) is 0.435. The van der Waals surface area contributed by atoms with Crippen LogP contribution >= 0.6 is 0 Å². The number of carbonyl (C=O) groups excluding carboxylic acids is 1. The first-order valence-electron chi connectivity index (χ1n) is 10.5. The van der Waals surface area contributed by atoms with Crippen LogP contribution in [-0.4, -0.2) is 38.3 Å². The van der Waals surface area contributed by atoms with Gasteiger partial charge in [-0.2, -0.15) is 8.42 Å². The molecule has 2 amide bonds. The van der Waals surface area contributed by atoms with Gasteiger partial charge in [0.15, 0.2) is 11.5 Å². The highest BCUT2D eigenvalue weighted by molar-refractivity contribution is 7.87. The zero-order valence-corrected chi connectivity index (χ0v) is 19.7. The van der Waals surface area contributed by atoms with Crippen molar-refractivity contribution in [2.75, 3.05) is 18.2 Å². The maximum atomic E-state index is 13.1. The van der Waals surface area contributed by atoms with E-state index >= 15 is 0 Å². The third-order valence-electron chi connectivity index (χ3n) is 5.17. The Morgan fingerprint density at radius 3 is 2.42 bits per heavy atom. The number of para-hydroxylation sites is 1. The standard InChI is InChI=1S/C23H32N2O5S/c1-6-17(4)25(23(26)24-20-12-10-9-11-19(20)7-2)16-18-13-14-21(29-5)22(15-18)30-31(27,28)8-3/h9-15,17H,6-8,16H2,1-5H3,(H,24,26). The molecule has 1 unspecified atom stereocenters. The molecule has 2 aromatic rings. The molecule has 31 heavy (non-hydrogen) atoms. The Balaban J connectivity index is 2.30. The van der Waals surface area contributed by atoms with Crippen molar-refractivity contribution in [1.29, 1.82) is 0 Å². The average Bonchev–Trinajstić information content (AvgIpc) is 2.77. The van der Waals surface area contributed by atoms with Crippen LogP contribution in [0.4, 0.5) is 10.5 Å². The third kappa shape index (κ3) is 6.62. The highest BCUT2D eigenvalue weighted by atomic mass is 32.2. The topological polar surface area (TPSA) is 84.9 Å². The number of urea groups is 1. The fourth-order valence-electron chi connectivity index (χ4n) is 3.06. The number of carbonyl (C=O) groups is 1. The van der Waals surface area contributed by atoms with Crippen LogP contribution in [0.2, 0.25) is 0 Å². The van der Waals surface area contributed by atoms with Gasteiger partial charge in [-0.1, -0.05) is 38.1 Å². The van der Waals surface area contributed by atoms with Gasteiger partial charge in [0, 0.05) is 18.3 Å². The molecule has 1 N–H and O–H groups in total. The van der Waals surface area contributed by atoms with Crippen LogP contribution in [0, 0.1) is 0 Å². The second kappa shape index (κ2) is 11.0. The Labute approximate surface area is 185 Å². The van der Waals surface area contributed by atoms with Crippen molar-refractivity contribution in [3.63, 3.8) is 0 Å². The van der Waals surface area contributed by atoms with Gasteiger partial charge in [-0.3, -0.25) is 0 Å². The lowest BCUT2D eigenvalue weighted by Gasteiger charge is -2.29. The van der Waals surface area contributed by atoms with E-state index in [0.29, 0.717) is 12.3 Å². The Hall–Kier alpha value is -2.74. The first-order valence-corrected chi connectivity index (χ1v) is 12.1. The number of nitrogens with zero attached hydrogens (tertiary/aromatic N) is 1. The molecule has 0 fully saturated rings. The van der Waals surface area contributed by atoms with E-state index in [1.54, 1.807) is 23.1 Å². The summed E-state index contributed by atoms with van der Waals surface area (Å²) in [6, 6.07) is 12.5. The lowest BCUT2D eigenvalue weighted by atomic mass is 10.1. The van der Waals surface area contributed by atoms with E-state index < -0.39 is 10.1 Å². The van der Waals surface area contributed by atoms with Crippen molar-refractivity contribution in [3.05, 3.63) is 53.6 Å². The molecule has 1 atom stereocenters. The summed E-state index contributed by atoms with van der Waals surface area (Å²) >= 11 is 0. The Morgan fingerprint density at radius 2 is 1.81 bits per heavy atom. The normalized spacial score (nSPS) is 12.2. The van der Waals surface area contributed by atoms with Gasteiger partial charge in [0.1, 0.15) is 0 Å². The van der Waals surface area contributed by atoms with Crippen molar-refractivity contribution in [2.24, 2.45) is 0 Å². The molecule has 0 saturated carbocycles. The molecular formula is C23H32N2O5S. The lowest BCUT2D eigenvalue weighted by Crippen LogP contribution is -2.40. The van der Waals surface area contributed by atoms with Crippen LogP contribution in [-0.2, 0) is 23.1 Å². The molecule has 0 radical (unpaired) electrons. The van der Waals surface area contributed by atoms with E-state index in [2.05, 4.69) is 5.32 Å². The van der Waals surface area contributed by atoms with Crippen LogP contribution in [0.1, 0.15) is 45.2 Å². The predicted octanol–water partition coefficient (Wildman–Crippen LogP) is 4.82. The molecule has 7 nitrogen and oxygen atoms in total. The molecule has 2 rings (SSSR count). The summed E-state index contributed by atoms with van der Waals surface area (Å²) in [6.07, 6.45) is 1.58. The van der Waals surface area contributed by atoms with Gasteiger partial charge >= 0.3 is 16.1 Å². The number of amides is 2. The number of methoxy groups -OCH3 is 1. The van der Waals surface area contributed by atoms with Gasteiger partial charge in [-0.15, -0.1) is 0 Å². The van der Waals surface area contributed by atoms with Crippen LogP contribution in [0.25, 0.3) is 0 Å². The summed E-state index contributed by atoms with van der Waals surface area (Å²) in [5.41, 5.74) is 2.59. The SMILES string of the molecule is CCc1ccccc1NC(=O)N(Cc1ccc(OC)c(OS(=O)(=O)CC)c1)C(C)CC. The number of ether oxygens (including phenoxy) is 1. The molecule has 0 aliphatic carbocycles. The molecule has 170 valence electrons. The summed E-state index contributed by atoms with van der Waals surface area (Å²) in [7, 11) is -2.26. The summed E-state index contributed by atoms with van der Waals surface area (Å²) in [5, 5.41) is 3.02.